The molecule has 0 spiro atoms. The Balaban J connectivity index is 1.23. The summed E-state index contributed by atoms with van der Waals surface area (Å²) in [5.41, 5.74) is 0.807. The first kappa shape index (κ1) is 21.7. The Morgan fingerprint density at radius 2 is 2.06 bits per heavy atom. The molecule has 4 rings (SSSR count). The first-order valence-corrected chi connectivity index (χ1v) is 11.9. The van der Waals surface area contributed by atoms with Crippen molar-refractivity contribution in [3.05, 3.63) is 46.4 Å². The molecule has 2 saturated carbocycles. The molecule has 2 aromatic rings. The van der Waals surface area contributed by atoms with Crippen molar-refractivity contribution in [1.82, 2.24) is 25.4 Å². The number of thioether (sulfide) groups is 1. The minimum atomic E-state index is -0.454. The number of benzene rings is 1. The van der Waals surface area contributed by atoms with Crippen LogP contribution in [-0.2, 0) is 17.8 Å². The Kier molecular flexibility index (Phi) is 6.80. The van der Waals surface area contributed by atoms with Crippen LogP contribution in [0, 0.1) is 17.8 Å². The van der Waals surface area contributed by atoms with Crippen LogP contribution >= 0.6 is 11.8 Å². The smallest absolute Gasteiger partial charge is 0.335 e. The Hall–Kier alpha value is -2.55. The number of nitrogens with one attached hydrogen (secondary N) is 3. The Morgan fingerprint density at radius 1 is 1.26 bits per heavy atom. The van der Waals surface area contributed by atoms with E-state index < -0.39 is 11.9 Å². The number of amides is 3. The summed E-state index contributed by atoms with van der Waals surface area (Å²) in [6.07, 6.45) is 5.72. The van der Waals surface area contributed by atoms with Gasteiger partial charge in [0.2, 0.25) is 5.91 Å². The molecule has 8 nitrogen and oxygen atoms in total. The monoisotopic (exact) mass is 443 g/mol. The number of H-pyrrole nitrogens is 1. The van der Waals surface area contributed by atoms with Crippen molar-refractivity contribution in [3.63, 3.8) is 0 Å². The van der Waals surface area contributed by atoms with Gasteiger partial charge in [-0.15, -0.1) is 5.10 Å². The van der Waals surface area contributed by atoms with Gasteiger partial charge in [0.25, 0.3) is 0 Å². The minimum absolute atomic E-state index is 0.00551. The van der Waals surface area contributed by atoms with Crippen LogP contribution < -0.4 is 16.3 Å². The number of aromatic nitrogens is 3. The lowest BCUT2D eigenvalue weighted by molar-refractivity contribution is -0.117. The van der Waals surface area contributed by atoms with Gasteiger partial charge in [-0.2, -0.15) is 0 Å². The summed E-state index contributed by atoms with van der Waals surface area (Å²) < 4.78 is 1.52. The summed E-state index contributed by atoms with van der Waals surface area (Å²) in [4.78, 5) is 36.5. The largest absolute Gasteiger partial charge is 0.343 e. The predicted molar refractivity (Wildman–Crippen MR) is 119 cm³/mol. The van der Waals surface area contributed by atoms with Crippen molar-refractivity contribution in [2.24, 2.45) is 17.8 Å². The van der Waals surface area contributed by atoms with Gasteiger partial charge < -0.3 is 5.32 Å². The summed E-state index contributed by atoms with van der Waals surface area (Å²) in [6.45, 7) is 2.49. The second-order valence-electron chi connectivity index (χ2n) is 8.64. The van der Waals surface area contributed by atoms with E-state index in [0.717, 1.165) is 23.2 Å². The van der Waals surface area contributed by atoms with E-state index in [1.807, 2.05) is 37.3 Å². The van der Waals surface area contributed by atoms with Gasteiger partial charge in [-0.1, -0.05) is 48.5 Å². The van der Waals surface area contributed by atoms with E-state index in [2.05, 4.69) is 20.8 Å². The highest BCUT2D eigenvalue weighted by Crippen LogP contribution is 2.49. The van der Waals surface area contributed by atoms with Crippen LogP contribution in [0.3, 0.4) is 0 Å². The van der Waals surface area contributed by atoms with Crippen LogP contribution in [-0.4, -0.2) is 38.5 Å². The van der Waals surface area contributed by atoms with Crippen LogP contribution in [0.5, 0.6) is 0 Å². The lowest BCUT2D eigenvalue weighted by atomic mass is 9.84. The van der Waals surface area contributed by atoms with E-state index >= 15 is 0 Å². The third-order valence-corrected chi connectivity index (χ3v) is 7.55. The minimum Gasteiger partial charge on any atom is -0.335 e. The van der Waals surface area contributed by atoms with Gasteiger partial charge in [0, 0.05) is 12.6 Å². The maximum atomic E-state index is 12.2. The van der Waals surface area contributed by atoms with E-state index in [9.17, 15) is 14.4 Å². The number of nitrogens with zero attached hydrogens (tertiary/aromatic N) is 2. The maximum absolute atomic E-state index is 12.2. The number of fused-ring (bicyclic) bond motifs is 2. The second kappa shape index (κ2) is 9.72. The van der Waals surface area contributed by atoms with Crippen molar-refractivity contribution in [2.45, 2.75) is 56.8 Å². The number of aryl methyl sites for hydroxylation is 1. The molecular formula is C22H29N5O3S. The number of imide groups is 1. The number of aromatic amines is 1. The first-order valence-electron chi connectivity index (χ1n) is 10.9. The second-order valence-corrected chi connectivity index (χ2v) is 9.58. The van der Waals surface area contributed by atoms with E-state index in [1.54, 1.807) is 0 Å². The molecule has 166 valence electrons. The Labute approximate surface area is 185 Å². The first-order chi connectivity index (χ1) is 15.0. The summed E-state index contributed by atoms with van der Waals surface area (Å²) in [6, 6.07) is 9.47. The van der Waals surface area contributed by atoms with Crippen molar-refractivity contribution in [1.29, 1.82) is 0 Å². The average Bonchev–Trinajstić information content (AvgIpc) is 3.47. The molecule has 2 aliphatic carbocycles. The van der Waals surface area contributed by atoms with Gasteiger partial charge in [0.1, 0.15) is 0 Å². The molecule has 1 aromatic carbocycles. The highest BCUT2D eigenvalue weighted by Gasteiger charge is 2.42. The predicted octanol–water partition coefficient (Wildman–Crippen LogP) is 2.56. The zero-order valence-electron chi connectivity index (χ0n) is 17.7. The van der Waals surface area contributed by atoms with Crippen LogP contribution in [0.15, 0.2) is 40.3 Å². The van der Waals surface area contributed by atoms with Gasteiger partial charge in [0.15, 0.2) is 5.16 Å². The summed E-state index contributed by atoms with van der Waals surface area (Å²) in [5.74, 6) is 1.63. The van der Waals surface area contributed by atoms with Crippen LogP contribution in [0.1, 0.15) is 38.2 Å². The molecule has 2 fully saturated rings. The summed E-state index contributed by atoms with van der Waals surface area (Å²) >= 11 is 1.14. The Bertz CT molecular complexity index is 973. The molecule has 3 N–H and O–H groups in total. The van der Waals surface area contributed by atoms with Crippen LogP contribution in [0.2, 0.25) is 0 Å². The third kappa shape index (κ3) is 5.39. The fourth-order valence-corrected chi connectivity index (χ4v) is 5.82. The summed E-state index contributed by atoms with van der Waals surface area (Å²) in [5, 5.41) is 12.2. The van der Waals surface area contributed by atoms with Gasteiger partial charge in [-0.3, -0.25) is 14.7 Å². The molecule has 1 aromatic heterocycles. The molecule has 2 bridgehead atoms. The van der Waals surface area contributed by atoms with Crippen molar-refractivity contribution < 1.29 is 9.59 Å². The highest BCUT2D eigenvalue weighted by molar-refractivity contribution is 7.99. The number of carbonyl (C=O) groups excluding carboxylic acids is 2. The van der Waals surface area contributed by atoms with E-state index in [4.69, 9.17) is 0 Å². The zero-order chi connectivity index (χ0) is 21.8. The van der Waals surface area contributed by atoms with E-state index in [1.165, 1.54) is 30.3 Å². The molecule has 31 heavy (non-hydrogen) atoms. The number of rotatable bonds is 8. The SMILES string of the molecule is C[C@H](NC(=O)NC(=O)CSc1n[nH]c(=O)n1CCc1ccccc1)[C@H]1C[C@H]2CC[C@H]1C2. The van der Waals surface area contributed by atoms with Gasteiger partial charge in [0.05, 0.1) is 5.75 Å². The van der Waals surface area contributed by atoms with Gasteiger partial charge in [-0.25, -0.2) is 14.7 Å². The maximum Gasteiger partial charge on any atom is 0.343 e. The zero-order valence-corrected chi connectivity index (χ0v) is 18.5. The van der Waals surface area contributed by atoms with Crippen LogP contribution in [0.25, 0.3) is 0 Å². The number of hydrogen-bond donors (Lipinski definition) is 3. The normalized spacial score (nSPS) is 22.9. The molecule has 0 unspecified atom stereocenters. The fraction of sp³-hybridized carbons (Fsp3) is 0.545. The standard InChI is InChI=1S/C22H29N5O3S/c1-14(18-12-16-7-8-17(18)11-16)23-20(29)24-19(28)13-31-22-26-25-21(30)27(22)10-9-15-5-3-2-4-6-15/h2-6,14,16-18H,7-13H2,1H3,(H,25,30)(H2,23,24,28,29)/t14-,16-,17-,18+/m0/s1. The lowest BCUT2D eigenvalue weighted by Crippen LogP contribution is -2.47. The lowest BCUT2D eigenvalue weighted by Gasteiger charge is -2.28. The Morgan fingerprint density at radius 3 is 2.77 bits per heavy atom. The van der Waals surface area contributed by atoms with Crippen molar-refractivity contribution >= 4 is 23.7 Å². The fourth-order valence-electron chi connectivity index (χ4n) is 5.05. The number of hydrogen-bond acceptors (Lipinski definition) is 5. The molecule has 0 saturated heterocycles. The molecule has 3 amide bonds. The quantitative estimate of drug-likeness (QED) is 0.544. The molecule has 2 aliphatic rings. The van der Waals surface area contributed by atoms with Gasteiger partial charge >= 0.3 is 11.7 Å². The average molecular weight is 444 g/mol. The highest BCUT2D eigenvalue weighted by atomic mass is 32.2. The topological polar surface area (TPSA) is 109 Å². The summed E-state index contributed by atoms with van der Waals surface area (Å²) in [7, 11) is 0. The molecule has 4 atom stereocenters. The molecular weight excluding hydrogens is 414 g/mol. The molecule has 0 aliphatic heterocycles. The molecule has 9 heteroatoms. The molecule has 1 heterocycles. The van der Waals surface area contributed by atoms with Crippen LogP contribution in [0.4, 0.5) is 4.79 Å². The third-order valence-electron chi connectivity index (χ3n) is 6.57. The number of urea groups is 1. The number of carbonyl (C=O) groups is 2. The van der Waals surface area contributed by atoms with E-state index in [0.29, 0.717) is 30.0 Å². The molecule has 0 radical (unpaired) electrons. The van der Waals surface area contributed by atoms with E-state index in [-0.39, 0.29) is 17.5 Å². The van der Waals surface area contributed by atoms with Crippen molar-refractivity contribution in [2.75, 3.05) is 5.75 Å². The van der Waals surface area contributed by atoms with Crippen molar-refractivity contribution in [3.8, 4) is 0 Å². The van der Waals surface area contributed by atoms with Gasteiger partial charge in [-0.05, 0) is 55.9 Å².